The van der Waals surface area contributed by atoms with Crippen molar-refractivity contribution in [3.63, 3.8) is 0 Å². The third-order valence-electron chi connectivity index (χ3n) is 4.31. The van der Waals surface area contributed by atoms with Crippen molar-refractivity contribution in [1.82, 2.24) is 0 Å². The summed E-state index contributed by atoms with van der Waals surface area (Å²) in [7, 11) is -3.88. The summed E-state index contributed by atoms with van der Waals surface area (Å²) in [6.45, 7) is 8.49. The van der Waals surface area contributed by atoms with Gasteiger partial charge < -0.3 is 4.55 Å². The lowest BCUT2D eigenvalue weighted by molar-refractivity contribution is -0.116. The highest BCUT2D eigenvalue weighted by molar-refractivity contribution is 7.97. The molecule has 0 spiro atoms. The van der Waals surface area contributed by atoms with Crippen molar-refractivity contribution in [2.45, 2.75) is 84.0 Å². The van der Waals surface area contributed by atoms with Crippen molar-refractivity contribution >= 4 is 26.8 Å². The molecule has 1 rings (SSSR count). The molecular weight excluding hydrogens is 392 g/mol. The monoisotopic (exact) mass is 430 g/mol. The highest BCUT2D eigenvalue weighted by Gasteiger charge is 2.20. The first kappa shape index (κ1) is 27.1. The van der Waals surface area contributed by atoms with Gasteiger partial charge in [-0.15, -0.1) is 0 Å². The summed E-state index contributed by atoms with van der Waals surface area (Å²) in [5, 5.41) is 0. The Hall–Kier alpha value is -0.850. The molecule has 0 N–H and O–H groups in total. The predicted octanol–water partition coefficient (Wildman–Crippen LogP) is 5.25. The Labute approximate surface area is 175 Å². The van der Waals surface area contributed by atoms with E-state index in [2.05, 4.69) is 20.8 Å². The molecule has 0 heterocycles. The van der Waals surface area contributed by atoms with Crippen molar-refractivity contribution in [2.75, 3.05) is 17.3 Å². The molecular formula is C22H38O4S2. The number of Topliss-reactive ketones (excluding diaryl/α,β-unsaturated/α-hetero) is 1. The van der Waals surface area contributed by atoms with E-state index in [-0.39, 0.29) is 4.90 Å². The first-order chi connectivity index (χ1) is 13.2. The molecule has 0 amide bonds. The molecule has 162 valence electrons. The maximum atomic E-state index is 11.9. The van der Waals surface area contributed by atoms with Crippen molar-refractivity contribution in [3.8, 4) is 0 Å². The lowest BCUT2D eigenvalue weighted by Gasteiger charge is -2.07. The molecule has 0 aliphatic carbocycles. The number of hydrogen-bond acceptors (Lipinski definition) is 4. The number of rotatable bonds is 13. The fraction of sp³-hybridized carbons (Fsp3) is 0.682. The van der Waals surface area contributed by atoms with Crippen LogP contribution in [0.2, 0.25) is 0 Å². The molecule has 6 heteroatoms. The van der Waals surface area contributed by atoms with E-state index < -0.39 is 10.1 Å². The SMILES string of the molecule is CCCCCC(=O)C[S+](CCCC)CCCC.Cc1ccc(S(=O)(=O)[O-])cc1. The summed E-state index contributed by atoms with van der Waals surface area (Å²) in [6.07, 6.45) is 9.49. The number of ketones is 1. The molecule has 1 aromatic rings. The van der Waals surface area contributed by atoms with Crippen LogP contribution in [0.1, 0.15) is 77.7 Å². The van der Waals surface area contributed by atoms with Gasteiger partial charge in [-0.3, -0.25) is 4.79 Å². The molecule has 0 aliphatic rings. The van der Waals surface area contributed by atoms with Gasteiger partial charge in [0.15, 0.2) is 11.5 Å². The Morgan fingerprint density at radius 2 is 1.39 bits per heavy atom. The number of hydrogen-bond donors (Lipinski definition) is 0. The average molecular weight is 431 g/mol. The zero-order chi connectivity index (χ0) is 21.4. The maximum Gasteiger partial charge on any atom is 0.181 e. The van der Waals surface area contributed by atoms with E-state index >= 15 is 0 Å². The van der Waals surface area contributed by atoms with Crippen molar-refractivity contribution < 1.29 is 17.8 Å². The zero-order valence-electron chi connectivity index (χ0n) is 18.0. The molecule has 28 heavy (non-hydrogen) atoms. The van der Waals surface area contributed by atoms with Gasteiger partial charge in [-0.05, 0) is 49.2 Å². The minimum absolute atomic E-state index is 0.178. The molecule has 4 nitrogen and oxygen atoms in total. The van der Waals surface area contributed by atoms with Crippen molar-refractivity contribution in [3.05, 3.63) is 29.8 Å². The quantitative estimate of drug-likeness (QED) is 0.243. The second-order valence-corrected chi connectivity index (χ2v) is 10.8. The first-order valence-corrected chi connectivity index (χ1v) is 13.6. The van der Waals surface area contributed by atoms with Crippen LogP contribution in [0, 0.1) is 6.92 Å². The molecule has 0 radical (unpaired) electrons. The van der Waals surface area contributed by atoms with Crippen LogP contribution in [-0.4, -0.2) is 36.0 Å². The van der Waals surface area contributed by atoms with Crippen LogP contribution in [0.5, 0.6) is 0 Å². The molecule has 0 unspecified atom stereocenters. The van der Waals surface area contributed by atoms with Gasteiger partial charge >= 0.3 is 0 Å². The van der Waals surface area contributed by atoms with E-state index in [0.717, 1.165) is 24.2 Å². The zero-order valence-corrected chi connectivity index (χ0v) is 19.7. The van der Waals surface area contributed by atoms with Crippen molar-refractivity contribution in [1.29, 1.82) is 0 Å². The minimum atomic E-state index is -4.27. The smallest absolute Gasteiger partial charge is 0.181 e. The Morgan fingerprint density at radius 1 is 0.893 bits per heavy atom. The van der Waals surface area contributed by atoms with Gasteiger partial charge in [-0.25, -0.2) is 8.42 Å². The fourth-order valence-electron chi connectivity index (χ4n) is 2.52. The highest BCUT2D eigenvalue weighted by Crippen LogP contribution is 2.09. The van der Waals surface area contributed by atoms with Gasteiger partial charge in [0.1, 0.15) is 21.6 Å². The summed E-state index contributed by atoms with van der Waals surface area (Å²) in [4.78, 5) is 11.7. The molecule has 0 fully saturated rings. The molecule has 0 aromatic heterocycles. The number of carbonyl (C=O) groups is 1. The van der Waals surface area contributed by atoms with E-state index in [4.69, 9.17) is 0 Å². The van der Waals surface area contributed by atoms with Gasteiger partial charge in [0.2, 0.25) is 0 Å². The van der Waals surface area contributed by atoms with Crippen LogP contribution in [0.15, 0.2) is 29.2 Å². The first-order valence-electron chi connectivity index (χ1n) is 10.4. The summed E-state index contributed by atoms with van der Waals surface area (Å²) in [5.41, 5.74) is 0.928. The third-order valence-corrected chi connectivity index (χ3v) is 7.62. The minimum Gasteiger partial charge on any atom is -0.744 e. The Morgan fingerprint density at radius 3 is 1.82 bits per heavy atom. The topological polar surface area (TPSA) is 74.3 Å². The van der Waals surface area contributed by atoms with Crippen LogP contribution >= 0.6 is 0 Å². The van der Waals surface area contributed by atoms with Gasteiger partial charge in [0.05, 0.1) is 4.90 Å². The molecule has 0 atom stereocenters. The van der Waals surface area contributed by atoms with Crippen LogP contribution in [0.4, 0.5) is 0 Å². The molecule has 0 saturated heterocycles. The molecule has 0 bridgehead atoms. The van der Waals surface area contributed by atoms with Gasteiger partial charge in [-0.2, -0.15) is 0 Å². The predicted molar refractivity (Wildman–Crippen MR) is 120 cm³/mol. The molecule has 1 aromatic carbocycles. The standard InChI is InChI=1S/C15H31OS.C7H8O3S/c1-4-7-10-11-15(16)14-17(12-8-5-2)13-9-6-3;1-6-2-4-7(5-3-6)11(8,9)10/h4-14H2,1-3H3;2-5H,1H3,(H,8,9,10)/q+1;/p-1. The fourth-order valence-corrected chi connectivity index (χ4v) is 5.48. The Kier molecular flexibility index (Phi) is 15.5. The van der Waals surface area contributed by atoms with Gasteiger partial charge in [0, 0.05) is 6.42 Å². The van der Waals surface area contributed by atoms with Crippen LogP contribution in [0.25, 0.3) is 0 Å². The molecule has 0 aliphatic heterocycles. The number of unbranched alkanes of at least 4 members (excludes halogenated alkanes) is 4. The van der Waals surface area contributed by atoms with Crippen molar-refractivity contribution in [2.24, 2.45) is 0 Å². The number of carbonyl (C=O) groups excluding carboxylic acids is 1. The lowest BCUT2D eigenvalue weighted by Crippen LogP contribution is -2.22. The van der Waals surface area contributed by atoms with E-state index in [9.17, 15) is 17.8 Å². The summed E-state index contributed by atoms with van der Waals surface area (Å²) >= 11 is 0. The van der Waals surface area contributed by atoms with E-state index in [1.165, 1.54) is 62.2 Å². The van der Waals surface area contributed by atoms with Crippen LogP contribution in [-0.2, 0) is 25.8 Å². The average Bonchev–Trinajstić information content (AvgIpc) is 2.64. The molecule has 0 saturated carbocycles. The van der Waals surface area contributed by atoms with Crippen LogP contribution < -0.4 is 0 Å². The third kappa shape index (κ3) is 14.2. The number of benzene rings is 1. The van der Waals surface area contributed by atoms with E-state index in [1.807, 2.05) is 6.92 Å². The Balaban J connectivity index is 0.000000567. The van der Waals surface area contributed by atoms with E-state index in [0.29, 0.717) is 16.7 Å². The largest absolute Gasteiger partial charge is 0.744 e. The van der Waals surface area contributed by atoms with Crippen LogP contribution in [0.3, 0.4) is 0 Å². The van der Waals surface area contributed by atoms with Gasteiger partial charge in [0.25, 0.3) is 0 Å². The normalized spacial score (nSPS) is 11.2. The summed E-state index contributed by atoms with van der Waals surface area (Å²) < 4.78 is 31.2. The highest BCUT2D eigenvalue weighted by atomic mass is 32.2. The second-order valence-electron chi connectivity index (χ2n) is 7.14. The number of aryl methyl sites for hydroxylation is 1. The van der Waals surface area contributed by atoms with Gasteiger partial charge in [-0.1, -0.05) is 64.2 Å². The second kappa shape index (κ2) is 16.0. The Bertz CT molecular complexity index is 616. The lowest BCUT2D eigenvalue weighted by atomic mass is 10.2. The maximum absolute atomic E-state index is 11.9. The summed E-state index contributed by atoms with van der Waals surface area (Å²) in [6, 6.07) is 5.78. The summed E-state index contributed by atoms with van der Waals surface area (Å²) in [5.74, 6) is 3.98. The van der Waals surface area contributed by atoms with E-state index in [1.54, 1.807) is 12.1 Å².